The topological polar surface area (TPSA) is 50.2 Å². The van der Waals surface area contributed by atoms with Crippen LogP contribution in [0.15, 0.2) is 12.3 Å². The lowest BCUT2D eigenvalue weighted by Gasteiger charge is -2.18. The van der Waals surface area contributed by atoms with Crippen molar-refractivity contribution in [3.05, 3.63) is 18.0 Å². The lowest BCUT2D eigenvalue weighted by atomic mass is 10.3. The van der Waals surface area contributed by atoms with E-state index in [1.54, 1.807) is 4.68 Å². The average Bonchev–Trinajstić information content (AvgIpc) is 2.50. The fraction of sp³-hybridized carbons (Fsp3) is 0.600. The first-order valence-corrected chi connectivity index (χ1v) is 5.23. The van der Waals surface area contributed by atoms with E-state index in [0.29, 0.717) is 13.1 Å². The third-order valence-electron chi connectivity index (χ3n) is 2.53. The van der Waals surface area contributed by atoms with Crippen LogP contribution in [0, 0.1) is 0 Å². The molecule has 1 aromatic heterocycles. The molecule has 1 amide bonds. The number of nitrogens with one attached hydrogen (secondary N) is 1. The van der Waals surface area contributed by atoms with Crippen LogP contribution in [0.5, 0.6) is 0 Å². The van der Waals surface area contributed by atoms with Crippen LogP contribution in [0.1, 0.15) is 12.1 Å². The van der Waals surface area contributed by atoms with Gasteiger partial charge in [0.25, 0.3) is 0 Å². The molecule has 5 heteroatoms. The highest BCUT2D eigenvalue weighted by Crippen LogP contribution is 2.04. The lowest BCUT2D eigenvalue weighted by molar-refractivity contribution is -0.130. The molecule has 2 rings (SSSR count). The van der Waals surface area contributed by atoms with E-state index in [2.05, 4.69) is 10.4 Å². The van der Waals surface area contributed by atoms with Crippen LogP contribution in [-0.2, 0) is 18.4 Å². The maximum atomic E-state index is 11.7. The van der Waals surface area contributed by atoms with Crippen molar-refractivity contribution in [3.63, 3.8) is 0 Å². The zero-order valence-electron chi connectivity index (χ0n) is 8.94. The zero-order chi connectivity index (χ0) is 10.7. The van der Waals surface area contributed by atoms with E-state index in [-0.39, 0.29) is 5.91 Å². The van der Waals surface area contributed by atoms with E-state index in [9.17, 15) is 4.79 Å². The number of carbonyl (C=O) groups excluding carboxylic acids is 1. The standard InChI is InChI=1S/C10H16N4O/c1-13-6-3-9(12-13)8-14-5-2-4-11-7-10(14)15/h3,6,11H,2,4-5,7-8H2,1H3. The summed E-state index contributed by atoms with van der Waals surface area (Å²) in [7, 11) is 1.88. The maximum Gasteiger partial charge on any atom is 0.236 e. The monoisotopic (exact) mass is 208 g/mol. The van der Waals surface area contributed by atoms with Crippen LogP contribution >= 0.6 is 0 Å². The van der Waals surface area contributed by atoms with E-state index >= 15 is 0 Å². The number of aryl methyl sites for hydroxylation is 1. The summed E-state index contributed by atoms with van der Waals surface area (Å²) in [5.74, 6) is 0.165. The third-order valence-corrected chi connectivity index (χ3v) is 2.53. The SMILES string of the molecule is Cn1ccc(CN2CCCNCC2=O)n1. The molecule has 1 aliphatic rings. The molecule has 0 saturated carbocycles. The molecule has 1 aromatic rings. The molecule has 15 heavy (non-hydrogen) atoms. The second-order valence-corrected chi connectivity index (χ2v) is 3.83. The minimum Gasteiger partial charge on any atom is -0.336 e. The average molecular weight is 208 g/mol. The molecule has 0 bridgehead atoms. The highest BCUT2D eigenvalue weighted by atomic mass is 16.2. The molecular weight excluding hydrogens is 192 g/mol. The van der Waals surface area contributed by atoms with Crippen molar-refractivity contribution in [2.24, 2.45) is 7.05 Å². The van der Waals surface area contributed by atoms with Crippen LogP contribution in [0.3, 0.4) is 0 Å². The Hall–Kier alpha value is -1.36. The number of hydrogen-bond donors (Lipinski definition) is 1. The molecule has 0 unspecified atom stereocenters. The van der Waals surface area contributed by atoms with E-state index < -0.39 is 0 Å². The molecule has 5 nitrogen and oxygen atoms in total. The van der Waals surface area contributed by atoms with Gasteiger partial charge in [0.15, 0.2) is 0 Å². The maximum absolute atomic E-state index is 11.7. The molecule has 2 heterocycles. The van der Waals surface area contributed by atoms with E-state index in [1.165, 1.54) is 0 Å². The number of rotatable bonds is 2. The second-order valence-electron chi connectivity index (χ2n) is 3.83. The molecule has 0 aliphatic carbocycles. The minimum absolute atomic E-state index is 0.165. The van der Waals surface area contributed by atoms with Gasteiger partial charge in [0, 0.05) is 19.8 Å². The first kappa shape index (κ1) is 10.2. The van der Waals surface area contributed by atoms with Gasteiger partial charge in [0.1, 0.15) is 0 Å². The van der Waals surface area contributed by atoms with E-state index in [4.69, 9.17) is 0 Å². The van der Waals surface area contributed by atoms with Crippen LogP contribution in [0.2, 0.25) is 0 Å². The minimum atomic E-state index is 0.165. The van der Waals surface area contributed by atoms with Gasteiger partial charge in [-0.3, -0.25) is 9.48 Å². The Bertz CT molecular complexity index is 347. The number of amides is 1. The number of hydrogen-bond acceptors (Lipinski definition) is 3. The predicted molar refractivity (Wildman–Crippen MR) is 56.1 cm³/mol. The third kappa shape index (κ3) is 2.56. The predicted octanol–water partition coefficient (Wildman–Crippen LogP) is -0.258. The fourth-order valence-corrected chi connectivity index (χ4v) is 1.74. The van der Waals surface area contributed by atoms with Gasteiger partial charge in [0.2, 0.25) is 5.91 Å². The van der Waals surface area contributed by atoms with Crippen molar-refractivity contribution in [3.8, 4) is 0 Å². The van der Waals surface area contributed by atoms with Gasteiger partial charge in [0.05, 0.1) is 18.8 Å². The normalized spacial score (nSPS) is 17.9. The highest BCUT2D eigenvalue weighted by molar-refractivity contribution is 5.78. The van der Waals surface area contributed by atoms with Crippen molar-refractivity contribution in [1.82, 2.24) is 20.0 Å². The Morgan fingerprint density at radius 1 is 1.60 bits per heavy atom. The van der Waals surface area contributed by atoms with Gasteiger partial charge in [-0.05, 0) is 19.0 Å². The summed E-state index contributed by atoms with van der Waals surface area (Å²) < 4.78 is 1.76. The number of nitrogens with zero attached hydrogens (tertiary/aromatic N) is 3. The molecule has 0 spiro atoms. The summed E-state index contributed by atoms with van der Waals surface area (Å²) in [6.45, 7) is 2.82. The molecule has 1 fully saturated rings. The molecule has 1 saturated heterocycles. The Morgan fingerprint density at radius 3 is 3.20 bits per heavy atom. The van der Waals surface area contributed by atoms with Crippen molar-refractivity contribution < 1.29 is 4.79 Å². The zero-order valence-corrected chi connectivity index (χ0v) is 8.94. The number of aromatic nitrogens is 2. The van der Waals surface area contributed by atoms with Gasteiger partial charge < -0.3 is 10.2 Å². The Kier molecular flexibility index (Phi) is 3.01. The smallest absolute Gasteiger partial charge is 0.236 e. The van der Waals surface area contributed by atoms with Gasteiger partial charge in [-0.2, -0.15) is 5.10 Å². The molecule has 0 atom stereocenters. The summed E-state index contributed by atoms with van der Waals surface area (Å²) in [5, 5.41) is 7.37. The molecular formula is C10H16N4O. The second kappa shape index (κ2) is 4.44. The number of carbonyl (C=O) groups is 1. The van der Waals surface area contributed by atoms with Crippen LogP contribution < -0.4 is 5.32 Å². The fourth-order valence-electron chi connectivity index (χ4n) is 1.74. The Labute approximate surface area is 89.1 Å². The van der Waals surface area contributed by atoms with Crippen molar-refractivity contribution in [1.29, 1.82) is 0 Å². The van der Waals surface area contributed by atoms with Crippen LogP contribution in [0.4, 0.5) is 0 Å². The van der Waals surface area contributed by atoms with Crippen molar-refractivity contribution in [2.75, 3.05) is 19.6 Å². The molecule has 82 valence electrons. The highest BCUT2D eigenvalue weighted by Gasteiger charge is 2.16. The summed E-state index contributed by atoms with van der Waals surface area (Å²) >= 11 is 0. The molecule has 0 radical (unpaired) electrons. The van der Waals surface area contributed by atoms with Gasteiger partial charge >= 0.3 is 0 Å². The van der Waals surface area contributed by atoms with Crippen molar-refractivity contribution >= 4 is 5.91 Å². The summed E-state index contributed by atoms with van der Waals surface area (Å²) in [6.07, 6.45) is 2.91. The lowest BCUT2D eigenvalue weighted by Crippen LogP contribution is -2.34. The van der Waals surface area contributed by atoms with Gasteiger partial charge in [-0.25, -0.2) is 0 Å². The first-order valence-electron chi connectivity index (χ1n) is 5.23. The quantitative estimate of drug-likeness (QED) is 0.728. The van der Waals surface area contributed by atoms with E-state index in [0.717, 1.165) is 25.2 Å². The first-order chi connectivity index (χ1) is 7.25. The largest absolute Gasteiger partial charge is 0.336 e. The Balaban J connectivity index is 2.00. The summed E-state index contributed by atoms with van der Waals surface area (Å²) in [5.41, 5.74) is 0.952. The van der Waals surface area contributed by atoms with E-state index in [1.807, 2.05) is 24.2 Å². The van der Waals surface area contributed by atoms with Gasteiger partial charge in [-0.1, -0.05) is 0 Å². The van der Waals surface area contributed by atoms with Crippen molar-refractivity contribution in [2.45, 2.75) is 13.0 Å². The summed E-state index contributed by atoms with van der Waals surface area (Å²) in [4.78, 5) is 13.5. The molecule has 1 N–H and O–H groups in total. The van der Waals surface area contributed by atoms with Gasteiger partial charge in [-0.15, -0.1) is 0 Å². The Morgan fingerprint density at radius 2 is 2.47 bits per heavy atom. The summed E-state index contributed by atoms with van der Waals surface area (Å²) in [6, 6.07) is 1.95. The van der Waals surface area contributed by atoms with Crippen LogP contribution in [-0.4, -0.2) is 40.2 Å². The molecule has 0 aromatic carbocycles. The van der Waals surface area contributed by atoms with Crippen LogP contribution in [0.25, 0.3) is 0 Å². The molecule has 1 aliphatic heterocycles.